The number of para-hydroxylation sites is 1. The number of aliphatic hydroxyl groups is 1. The zero-order valence-electron chi connectivity index (χ0n) is 15.8. The second-order valence-electron chi connectivity index (χ2n) is 6.68. The van der Waals surface area contributed by atoms with Crippen LogP contribution in [0.25, 0.3) is 10.9 Å². The molecule has 5 nitrogen and oxygen atoms in total. The molecular formula is C19H17F6N3O2. The molecular weight excluding hydrogens is 416 g/mol. The highest BCUT2D eigenvalue weighted by molar-refractivity contribution is 5.86. The lowest BCUT2D eigenvalue weighted by Gasteiger charge is -2.19. The molecule has 0 aliphatic rings. The second kappa shape index (κ2) is 7.88. The first kappa shape index (κ1) is 22.0. The van der Waals surface area contributed by atoms with E-state index >= 15 is 0 Å². The van der Waals surface area contributed by atoms with E-state index in [1.807, 2.05) is 0 Å². The molecule has 0 bridgehead atoms. The summed E-state index contributed by atoms with van der Waals surface area (Å²) in [6.07, 6.45) is -11.4. The molecule has 162 valence electrons. The highest BCUT2D eigenvalue weighted by Gasteiger charge is 2.37. The molecule has 0 saturated carbocycles. The standard InChI is InChI=1S/C19H17F6N3O2/c1-9-14(27-10(2)30-9)7-26-8-15(29)12-6-16(19(23,24)25)28-17-11(12)4-3-5-13(17)18(20,21)22/h3-6,15,26,29H,7-8H2,1-2H3. The lowest BCUT2D eigenvalue weighted by Crippen LogP contribution is -2.23. The van der Waals surface area contributed by atoms with Gasteiger partial charge in [0, 0.05) is 25.4 Å². The molecule has 0 radical (unpaired) electrons. The molecule has 1 atom stereocenters. The Morgan fingerprint density at radius 2 is 1.77 bits per heavy atom. The summed E-state index contributed by atoms with van der Waals surface area (Å²) in [6.45, 7) is 3.25. The Morgan fingerprint density at radius 3 is 2.33 bits per heavy atom. The second-order valence-corrected chi connectivity index (χ2v) is 6.68. The number of nitrogens with zero attached hydrogens (tertiary/aromatic N) is 2. The number of aryl methyl sites for hydroxylation is 2. The maximum Gasteiger partial charge on any atom is 0.433 e. The van der Waals surface area contributed by atoms with Gasteiger partial charge in [-0.1, -0.05) is 12.1 Å². The summed E-state index contributed by atoms with van der Waals surface area (Å²) in [5, 5.41) is 13.1. The van der Waals surface area contributed by atoms with Crippen molar-refractivity contribution in [3.63, 3.8) is 0 Å². The van der Waals surface area contributed by atoms with Gasteiger partial charge < -0.3 is 14.8 Å². The van der Waals surface area contributed by atoms with Gasteiger partial charge in [-0.25, -0.2) is 9.97 Å². The van der Waals surface area contributed by atoms with Crippen LogP contribution in [0.5, 0.6) is 0 Å². The highest BCUT2D eigenvalue weighted by atomic mass is 19.4. The molecule has 1 aromatic carbocycles. The van der Waals surface area contributed by atoms with Crippen LogP contribution >= 0.6 is 0 Å². The number of hydrogen-bond donors (Lipinski definition) is 2. The molecule has 3 rings (SSSR count). The lowest BCUT2D eigenvalue weighted by molar-refractivity contribution is -0.142. The fourth-order valence-corrected chi connectivity index (χ4v) is 3.10. The van der Waals surface area contributed by atoms with E-state index in [0.717, 1.165) is 6.07 Å². The Kier molecular flexibility index (Phi) is 5.79. The molecule has 0 spiro atoms. The normalized spacial score (nSPS) is 13.8. The van der Waals surface area contributed by atoms with Crippen LogP contribution in [0.15, 0.2) is 28.7 Å². The minimum Gasteiger partial charge on any atom is -0.446 e. The van der Waals surface area contributed by atoms with Crippen LogP contribution in [0.1, 0.15) is 40.3 Å². The SMILES string of the molecule is Cc1nc(CNCC(O)c2cc(C(F)(F)F)nc3c(C(F)(F)F)cccc23)c(C)o1. The Bertz CT molecular complexity index is 1060. The Morgan fingerprint density at radius 1 is 1.07 bits per heavy atom. The first-order valence-electron chi connectivity index (χ1n) is 8.77. The Labute approximate surface area is 166 Å². The molecule has 11 heteroatoms. The number of fused-ring (bicyclic) bond motifs is 1. The maximum atomic E-state index is 13.3. The van der Waals surface area contributed by atoms with Crippen LogP contribution in [0.4, 0.5) is 26.3 Å². The number of pyridine rings is 1. The smallest absolute Gasteiger partial charge is 0.433 e. The van der Waals surface area contributed by atoms with Crippen molar-refractivity contribution in [2.75, 3.05) is 6.54 Å². The molecule has 0 amide bonds. The minimum atomic E-state index is -4.98. The summed E-state index contributed by atoms with van der Waals surface area (Å²) in [6, 6.07) is 3.48. The predicted molar refractivity (Wildman–Crippen MR) is 94.4 cm³/mol. The fourth-order valence-electron chi connectivity index (χ4n) is 3.10. The molecule has 0 saturated heterocycles. The Hall–Kier alpha value is -2.66. The lowest BCUT2D eigenvalue weighted by atomic mass is 9.99. The summed E-state index contributed by atoms with van der Waals surface area (Å²) < 4.78 is 84.9. The molecule has 30 heavy (non-hydrogen) atoms. The number of aliphatic hydroxyl groups excluding tert-OH is 1. The van der Waals surface area contributed by atoms with Crippen LogP contribution in [0, 0.1) is 13.8 Å². The number of alkyl halides is 6. The Balaban J connectivity index is 1.97. The van der Waals surface area contributed by atoms with E-state index in [9.17, 15) is 31.4 Å². The average molecular weight is 433 g/mol. The van der Waals surface area contributed by atoms with Crippen LogP contribution in [0.3, 0.4) is 0 Å². The van der Waals surface area contributed by atoms with Crippen molar-refractivity contribution in [2.45, 2.75) is 38.8 Å². The van der Waals surface area contributed by atoms with E-state index in [4.69, 9.17) is 4.42 Å². The molecule has 1 unspecified atom stereocenters. The molecule has 3 aromatic rings. The molecule has 2 heterocycles. The first-order chi connectivity index (χ1) is 13.9. The number of nitrogens with one attached hydrogen (secondary N) is 1. The first-order valence-corrected chi connectivity index (χ1v) is 8.77. The van der Waals surface area contributed by atoms with E-state index in [-0.39, 0.29) is 24.0 Å². The number of halogens is 6. The summed E-state index contributed by atoms with van der Waals surface area (Å²) in [5.74, 6) is 0.970. The van der Waals surface area contributed by atoms with Crippen molar-refractivity contribution in [1.82, 2.24) is 15.3 Å². The number of oxazole rings is 1. The number of hydrogen-bond acceptors (Lipinski definition) is 5. The van der Waals surface area contributed by atoms with Gasteiger partial charge in [-0.3, -0.25) is 0 Å². The van der Waals surface area contributed by atoms with Gasteiger partial charge in [0.2, 0.25) is 0 Å². The average Bonchev–Trinajstić information content (AvgIpc) is 2.95. The topological polar surface area (TPSA) is 71.2 Å². The third-order valence-corrected chi connectivity index (χ3v) is 4.46. The number of benzene rings is 1. The quantitative estimate of drug-likeness (QED) is 0.571. The largest absolute Gasteiger partial charge is 0.446 e. The molecule has 0 fully saturated rings. The molecule has 2 N–H and O–H groups in total. The van der Waals surface area contributed by atoms with Gasteiger partial charge in [-0.05, 0) is 24.6 Å². The van der Waals surface area contributed by atoms with Crippen molar-refractivity contribution >= 4 is 10.9 Å². The van der Waals surface area contributed by atoms with Gasteiger partial charge in [0.1, 0.15) is 11.5 Å². The molecule has 2 aromatic heterocycles. The van der Waals surface area contributed by atoms with Crippen LogP contribution in [-0.4, -0.2) is 21.6 Å². The van der Waals surface area contributed by atoms with Gasteiger partial charge >= 0.3 is 12.4 Å². The van der Waals surface area contributed by atoms with Crippen LogP contribution in [-0.2, 0) is 18.9 Å². The minimum absolute atomic E-state index is 0.156. The van der Waals surface area contributed by atoms with Gasteiger partial charge in [0.25, 0.3) is 0 Å². The third-order valence-electron chi connectivity index (χ3n) is 4.46. The van der Waals surface area contributed by atoms with E-state index < -0.39 is 35.2 Å². The van der Waals surface area contributed by atoms with E-state index in [1.54, 1.807) is 13.8 Å². The highest BCUT2D eigenvalue weighted by Crippen LogP contribution is 2.38. The summed E-state index contributed by atoms with van der Waals surface area (Å²) >= 11 is 0. The number of rotatable bonds is 5. The summed E-state index contributed by atoms with van der Waals surface area (Å²) in [7, 11) is 0. The van der Waals surface area contributed by atoms with Crippen LogP contribution in [0.2, 0.25) is 0 Å². The van der Waals surface area contributed by atoms with Gasteiger partial charge in [0.05, 0.1) is 22.9 Å². The van der Waals surface area contributed by atoms with Gasteiger partial charge in [-0.2, -0.15) is 26.3 Å². The van der Waals surface area contributed by atoms with Crippen molar-refractivity contribution in [1.29, 1.82) is 0 Å². The van der Waals surface area contributed by atoms with Crippen molar-refractivity contribution in [2.24, 2.45) is 0 Å². The van der Waals surface area contributed by atoms with E-state index in [0.29, 0.717) is 29.5 Å². The summed E-state index contributed by atoms with van der Waals surface area (Å²) in [4.78, 5) is 7.32. The molecule has 0 aliphatic heterocycles. The molecule has 0 aliphatic carbocycles. The van der Waals surface area contributed by atoms with Crippen molar-refractivity contribution < 1.29 is 35.9 Å². The maximum absolute atomic E-state index is 13.3. The van der Waals surface area contributed by atoms with Crippen molar-refractivity contribution in [3.8, 4) is 0 Å². The number of aromatic nitrogens is 2. The van der Waals surface area contributed by atoms with Crippen molar-refractivity contribution in [3.05, 3.63) is 58.4 Å². The monoisotopic (exact) mass is 433 g/mol. The predicted octanol–water partition coefficient (Wildman–Crippen LogP) is 4.70. The zero-order valence-corrected chi connectivity index (χ0v) is 15.8. The zero-order chi connectivity index (χ0) is 22.3. The summed E-state index contributed by atoms with van der Waals surface area (Å²) in [5.41, 5.74) is -3.43. The van der Waals surface area contributed by atoms with Gasteiger partial charge in [0.15, 0.2) is 5.89 Å². The van der Waals surface area contributed by atoms with Gasteiger partial charge in [-0.15, -0.1) is 0 Å². The van der Waals surface area contributed by atoms with E-state index in [1.165, 1.54) is 6.07 Å². The third kappa shape index (κ3) is 4.57. The van der Waals surface area contributed by atoms with E-state index in [2.05, 4.69) is 15.3 Å². The fraction of sp³-hybridized carbons (Fsp3) is 0.368. The van der Waals surface area contributed by atoms with Crippen LogP contribution < -0.4 is 5.32 Å².